The Labute approximate surface area is 250 Å². The molecule has 228 valence electrons. The average molecular weight is 620 g/mol. The number of hydrogen-bond acceptors (Lipinski definition) is 5. The summed E-state index contributed by atoms with van der Waals surface area (Å²) >= 11 is 6.42. The number of carbonyl (C=O) groups is 2. The lowest BCUT2D eigenvalue weighted by Crippen LogP contribution is -2.48. The molecule has 1 atom stereocenters. The number of halogens is 5. The molecule has 2 amide bonds. The molecule has 1 aliphatic heterocycles. The number of benzene rings is 3. The van der Waals surface area contributed by atoms with Crippen molar-refractivity contribution in [1.29, 1.82) is 0 Å². The van der Waals surface area contributed by atoms with E-state index in [9.17, 15) is 18.4 Å². The van der Waals surface area contributed by atoms with Crippen molar-refractivity contribution in [3.05, 3.63) is 81.9 Å². The van der Waals surface area contributed by atoms with Crippen molar-refractivity contribution in [2.24, 2.45) is 5.73 Å². The first-order valence-corrected chi connectivity index (χ1v) is 14.2. The second-order valence-electron chi connectivity index (χ2n) is 10.8. The summed E-state index contributed by atoms with van der Waals surface area (Å²) in [5, 5.41) is 5.99. The molecule has 2 aliphatic rings. The number of nitrogens with two attached hydrogens (primary N) is 1. The Hall–Kier alpha value is -3.83. The highest BCUT2D eigenvalue weighted by molar-refractivity contribution is 6.34. The Morgan fingerprint density at radius 2 is 1.74 bits per heavy atom. The molecule has 1 heterocycles. The standard InChI is InChI=1S/C31H30ClF4N3O4/c1-16(40)39-19-9-7-18(8-10-19)38-15-31(17-5-3-2-4-6-17)14-21-24(43-31)13-22(33)27(32)25(21)26-20(29(37)41)11-12-23(28(26)34)42-30(35)36/h2-6,11-13,18-19,30,38H,7-10,14-15H2,1H3,(H2,37,41)(H,39,40). The Morgan fingerprint density at radius 1 is 1.07 bits per heavy atom. The second kappa shape index (κ2) is 12.4. The summed E-state index contributed by atoms with van der Waals surface area (Å²) in [6.45, 7) is -1.59. The van der Waals surface area contributed by atoms with E-state index in [-0.39, 0.29) is 53.4 Å². The predicted octanol–water partition coefficient (Wildman–Crippen LogP) is 5.85. The zero-order valence-electron chi connectivity index (χ0n) is 23.2. The van der Waals surface area contributed by atoms with Gasteiger partial charge in [-0.2, -0.15) is 8.78 Å². The molecular formula is C31H30ClF4N3O4. The number of primary amides is 1. The molecule has 1 aliphatic carbocycles. The first-order chi connectivity index (χ1) is 20.5. The lowest BCUT2D eigenvalue weighted by Gasteiger charge is -2.34. The molecule has 5 rings (SSSR count). The van der Waals surface area contributed by atoms with Crippen molar-refractivity contribution in [3.8, 4) is 22.6 Å². The highest BCUT2D eigenvalue weighted by Crippen LogP contribution is 2.50. The van der Waals surface area contributed by atoms with Gasteiger partial charge >= 0.3 is 6.61 Å². The molecule has 43 heavy (non-hydrogen) atoms. The van der Waals surface area contributed by atoms with E-state index in [4.69, 9.17) is 22.1 Å². The third-order valence-electron chi connectivity index (χ3n) is 8.00. The maximum Gasteiger partial charge on any atom is 0.387 e. The van der Waals surface area contributed by atoms with Crippen molar-refractivity contribution in [2.75, 3.05) is 6.54 Å². The monoisotopic (exact) mass is 619 g/mol. The molecule has 4 N–H and O–H groups in total. The molecule has 0 aromatic heterocycles. The number of rotatable bonds is 9. The first kappa shape index (κ1) is 30.6. The molecule has 0 spiro atoms. The molecule has 1 unspecified atom stereocenters. The fourth-order valence-corrected chi connectivity index (χ4v) is 6.30. The van der Waals surface area contributed by atoms with Crippen molar-refractivity contribution in [2.45, 2.75) is 63.3 Å². The van der Waals surface area contributed by atoms with Crippen molar-refractivity contribution >= 4 is 23.4 Å². The lowest BCUT2D eigenvalue weighted by atomic mass is 9.84. The van der Waals surface area contributed by atoms with Gasteiger partial charge in [-0.3, -0.25) is 9.59 Å². The van der Waals surface area contributed by atoms with Crippen LogP contribution < -0.4 is 25.8 Å². The molecule has 0 bridgehead atoms. The molecule has 3 aromatic rings. The Balaban J connectivity index is 1.55. The number of nitrogens with one attached hydrogen (secondary N) is 2. The minimum Gasteiger partial charge on any atom is -0.480 e. The minimum absolute atomic E-state index is 0.0620. The number of fused-ring (bicyclic) bond motifs is 1. The summed E-state index contributed by atoms with van der Waals surface area (Å²) < 4.78 is 68.0. The van der Waals surface area contributed by atoms with Crippen LogP contribution in [0.2, 0.25) is 5.02 Å². The highest BCUT2D eigenvalue weighted by Gasteiger charge is 2.44. The second-order valence-corrected chi connectivity index (χ2v) is 11.2. The smallest absolute Gasteiger partial charge is 0.387 e. The average Bonchev–Trinajstić information content (AvgIpc) is 3.33. The SMILES string of the molecule is CC(=O)NC1CCC(NCC2(c3ccccc3)Cc3c(cc(F)c(Cl)c3-c3c(C(N)=O)ccc(OC(F)F)c3F)O2)CC1. The van der Waals surface area contributed by atoms with Crippen LogP contribution in [0.25, 0.3) is 11.1 Å². The van der Waals surface area contributed by atoms with Gasteiger partial charge in [0, 0.05) is 54.7 Å². The highest BCUT2D eigenvalue weighted by atomic mass is 35.5. The van der Waals surface area contributed by atoms with E-state index in [2.05, 4.69) is 15.4 Å². The van der Waals surface area contributed by atoms with Crippen LogP contribution in [0.5, 0.6) is 11.5 Å². The summed E-state index contributed by atoms with van der Waals surface area (Å²) in [7, 11) is 0. The quantitative estimate of drug-likeness (QED) is 0.261. The molecule has 0 saturated heterocycles. The van der Waals surface area contributed by atoms with Gasteiger partial charge in [-0.15, -0.1) is 0 Å². The zero-order valence-corrected chi connectivity index (χ0v) is 23.9. The first-order valence-electron chi connectivity index (χ1n) is 13.8. The van der Waals surface area contributed by atoms with Gasteiger partial charge in [0.2, 0.25) is 11.8 Å². The van der Waals surface area contributed by atoms with E-state index in [0.717, 1.165) is 49.4 Å². The van der Waals surface area contributed by atoms with E-state index in [1.807, 2.05) is 30.3 Å². The van der Waals surface area contributed by atoms with Crippen LogP contribution in [0.15, 0.2) is 48.5 Å². The Bertz CT molecular complexity index is 1530. The third kappa shape index (κ3) is 6.28. The summed E-state index contributed by atoms with van der Waals surface area (Å²) in [5.74, 6) is -4.23. The van der Waals surface area contributed by atoms with Crippen LogP contribution in [-0.4, -0.2) is 37.1 Å². The van der Waals surface area contributed by atoms with E-state index >= 15 is 8.78 Å². The predicted molar refractivity (Wildman–Crippen MR) is 152 cm³/mol. The van der Waals surface area contributed by atoms with Gasteiger partial charge in [0.05, 0.1) is 10.6 Å². The number of hydrogen-bond donors (Lipinski definition) is 3. The Kier molecular flexibility index (Phi) is 8.84. The van der Waals surface area contributed by atoms with Crippen molar-refractivity contribution < 1.29 is 36.6 Å². The van der Waals surface area contributed by atoms with Gasteiger partial charge in [0.1, 0.15) is 11.6 Å². The maximum absolute atomic E-state index is 15.8. The zero-order chi connectivity index (χ0) is 30.9. The largest absolute Gasteiger partial charge is 0.480 e. The molecule has 12 heteroatoms. The van der Waals surface area contributed by atoms with E-state index in [1.54, 1.807) is 0 Å². The number of carbonyl (C=O) groups excluding carboxylic acids is 2. The number of ether oxygens (including phenoxy) is 2. The van der Waals surface area contributed by atoms with Crippen LogP contribution in [0.4, 0.5) is 17.6 Å². The summed E-state index contributed by atoms with van der Waals surface area (Å²) in [5.41, 5.74) is 4.29. The van der Waals surface area contributed by atoms with E-state index in [0.29, 0.717) is 0 Å². The third-order valence-corrected chi connectivity index (χ3v) is 8.37. The summed E-state index contributed by atoms with van der Waals surface area (Å²) in [4.78, 5) is 23.8. The molecule has 7 nitrogen and oxygen atoms in total. The topological polar surface area (TPSA) is 103 Å². The van der Waals surface area contributed by atoms with Crippen LogP contribution >= 0.6 is 11.6 Å². The summed E-state index contributed by atoms with van der Waals surface area (Å²) in [6.07, 6.45) is 3.28. The van der Waals surface area contributed by atoms with Gasteiger partial charge in [0.25, 0.3) is 0 Å². The van der Waals surface area contributed by atoms with E-state index in [1.165, 1.54) is 6.92 Å². The summed E-state index contributed by atoms with van der Waals surface area (Å²) in [6, 6.07) is 12.4. The molecule has 1 fully saturated rings. The number of amides is 2. The van der Waals surface area contributed by atoms with E-state index < -0.39 is 46.1 Å². The van der Waals surface area contributed by atoms with Gasteiger partial charge in [-0.1, -0.05) is 41.9 Å². The molecular weight excluding hydrogens is 590 g/mol. The minimum atomic E-state index is -3.36. The number of alkyl halides is 2. The van der Waals surface area contributed by atoms with Crippen LogP contribution in [0.1, 0.15) is 54.1 Å². The fourth-order valence-electron chi connectivity index (χ4n) is 6.04. The van der Waals surface area contributed by atoms with Gasteiger partial charge < -0.3 is 25.8 Å². The Morgan fingerprint density at radius 3 is 2.37 bits per heavy atom. The molecule has 0 radical (unpaired) electrons. The van der Waals surface area contributed by atoms with Crippen molar-refractivity contribution in [3.63, 3.8) is 0 Å². The van der Waals surface area contributed by atoms with Gasteiger partial charge in [0.15, 0.2) is 17.2 Å². The maximum atomic E-state index is 15.8. The lowest BCUT2D eigenvalue weighted by molar-refractivity contribution is -0.119. The normalized spacial score (nSPS) is 21.3. The molecule has 1 saturated carbocycles. The van der Waals surface area contributed by atoms with Crippen LogP contribution in [-0.2, 0) is 16.8 Å². The van der Waals surface area contributed by atoms with Crippen LogP contribution in [0, 0.1) is 11.6 Å². The van der Waals surface area contributed by atoms with Gasteiger partial charge in [-0.05, 0) is 43.4 Å². The van der Waals surface area contributed by atoms with Crippen LogP contribution in [0.3, 0.4) is 0 Å². The van der Waals surface area contributed by atoms with Crippen molar-refractivity contribution in [1.82, 2.24) is 10.6 Å². The van der Waals surface area contributed by atoms with Gasteiger partial charge in [-0.25, -0.2) is 8.78 Å². The fraction of sp³-hybridized carbons (Fsp3) is 0.355. The molecule has 3 aromatic carbocycles.